The number of thioether (sulfide) groups is 1. The Labute approximate surface area is 121 Å². The third-order valence-electron chi connectivity index (χ3n) is 1.68. The van der Waals surface area contributed by atoms with Gasteiger partial charge in [-0.05, 0) is 33.1 Å². The molecule has 0 saturated heterocycles. The number of allylic oxidation sites excluding steroid dienone is 1. The Morgan fingerprint density at radius 2 is 2.20 bits per heavy atom. The SMILES string of the molecule is CC(C)N=C([O-])S[C]1C=CCCC1.[Li+].[Li]. The molecule has 15 heavy (non-hydrogen) atoms. The van der Waals surface area contributed by atoms with Gasteiger partial charge in [-0.2, -0.15) is 0 Å². The molecule has 0 aliphatic heterocycles. The first-order valence-corrected chi connectivity index (χ1v) is 5.45. The van der Waals surface area contributed by atoms with E-state index in [1.54, 1.807) is 0 Å². The molecule has 0 unspecified atom stereocenters. The van der Waals surface area contributed by atoms with Gasteiger partial charge in [-0.3, -0.25) is 4.99 Å². The standard InChI is InChI=1S/C10H16NOS.2Li/c1-8(2)11-10(12)13-9-6-4-3-5-7-9;;/h4,6,8H,3,5,7H2,1-2H3,(H,11,12);;/q;;+1/p-1. The third kappa shape index (κ3) is 8.55. The molecular formula is C10H15Li2NOS. The maximum Gasteiger partial charge on any atom is 1.00 e. The molecule has 1 aliphatic rings. The van der Waals surface area contributed by atoms with Crippen LogP contribution in [0.1, 0.15) is 33.1 Å². The van der Waals surface area contributed by atoms with E-state index >= 15 is 0 Å². The Bertz CT molecular complexity index is 219. The molecule has 74 valence electrons. The van der Waals surface area contributed by atoms with Gasteiger partial charge in [-0.25, -0.2) is 0 Å². The van der Waals surface area contributed by atoms with E-state index < -0.39 is 0 Å². The van der Waals surface area contributed by atoms with E-state index in [1.165, 1.54) is 11.8 Å². The number of hydrogen-bond donors (Lipinski definition) is 0. The zero-order chi connectivity index (χ0) is 9.68. The van der Waals surface area contributed by atoms with Crippen molar-refractivity contribution in [1.82, 2.24) is 0 Å². The van der Waals surface area contributed by atoms with Crippen molar-refractivity contribution in [2.45, 2.75) is 39.2 Å². The number of nitrogens with zero attached hydrogens (tertiary/aromatic N) is 1. The van der Waals surface area contributed by atoms with Gasteiger partial charge in [0.15, 0.2) is 0 Å². The van der Waals surface area contributed by atoms with Crippen LogP contribution in [0.5, 0.6) is 0 Å². The van der Waals surface area contributed by atoms with E-state index in [0.717, 1.165) is 24.5 Å². The molecule has 0 spiro atoms. The predicted molar refractivity (Wildman–Crippen MR) is 62.2 cm³/mol. The molecular weight excluding hydrogens is 196 g/mol. The molecule has 0 fully saturated rings. The van der Waals surface area contributed by atoms with Crippen LogP contribution in [0.2, 0.25) is 0 Å². The molecule has 0 atom stereocenters. The molecule has 0 aromatic carbocycles. The minimum atomic E-state index is -0.0587. The summed E-state index contributed by atoms with van der Waals surface area (Å²) in [4.78, 5) is 3.94. The second kappa shape index (κ2) is 9.94. The number of aliphatic imine (C=N–C) groups is 1. The van der Waals surface area contributed by atoms with Gasteiger partial charge >= 0.3 is 18.9 Å². The fraction of sp³-hybridized carbons (Fsp3) is 0.600. The van der Waals surface area contributed by atoms with E-state index in [1.807, 2.05) is 19.9 Å². The van der Waals surface area contributed by atoms with Crippen molar-refractivity contribution in [3.05, 3.63) is 17.4 Å². The summed E-state index contributed by atoms with van der Waals surface area (Å²) in [5.41, 5.74) is 0. The second-order valence-electron chi connectivity index (χ2n) is 3.35. The van der Waals surface area contributed by atoms with E-state index in [2.05, 4.69) is 11.1 Å². The fourth-order valence-electron chi connectivity index (χ4n) is 1.13. The van der Waals surface area contributed by atoms with Gasteiger partial charge in [0.05, 0.1) is 5.25 Å². The van der Waals surface area contributed by atoms with Crippen LogP contribution in [0.4, 0.5) is 0 Å². The molecule has 1 rings (SSSR count). The van der Waals surface area contributed by atoms with Crippen LogP contribution < -0.4 is 24.0 Å². The van der Waals surface area contributed by atoms with Crippen LogP contribution in [0.3, 0.4) is 0 Å². The summed E-state index contributed by atoms with van der Waals surface area (Å²) in [5, 5.41) is 12.4. The summed E-state index contributed by atoms with van der Waals surface area (Å²) < 4.78 is 0. The average molecular weight is 211 g/mol. The van der Waals surface area contributed by atoms with E-state index in [-0.39, 0.29) is 49.0 Å². The molecule has 0 heterocycles. The largest absolute Gasteiger partial charge is 1.00 e. The Kier molecular flexibility index (Phi) is 12.0. The molecule has 0 aromatic heterocycles. The van der Waals surface area contributed by atoms with Gasteiger partial charge in [-0.1, -0.05) is 12.2 Å². The molecule has 0 saturated carbocycles. The molecule has 2 nitrogen and oxygen atoms in total. The predicted octanol–water partition coefficient (Wildman–Crippen LogP) is -1.26. The van der Waals surface area contributed by atoms with E-state index in [9.17, 15) is 5.11 Å². The van der Waals surface area contributed by atoms with Crippen LogP contribution in [-0.4, -0.2) is 30.1 Å². The molecule has 0 aromatic rings. The van der Waals surface area contributed by atoms with Gasteiger partial charge in [0.2, 0.25) is 0 Å². The molecule has 5 heteroatoms. The van der Waals surface area contributed by atoms with Gasteiger partial charge in [-0.15, -0.1) is 11.8 Å². The minimum Gasteiger partial charge on any atom is -0.854 e. The normalized spacial score (nSPS) is 17.1. The molecule has 1 aliphatic carbocycles. The summed E-state index contributed by atoms with van der Waals surface area (Å²) >= 11 is 1.27. The Morgan fingerprint density at radius 3 is 2.67 bits per heavy atom. The first kappa shape index (κ1) is 18.1. The van der Waals surface area contributed by atoms with E-state index in [4.69, 9.17) is 0 Å². The van der Waals surface area contributed by atoms with Gasteiger partial charge in [0.1, 0.15) is 0 Å². The topological polar surface area (TPSA) is 35.4 Å². The van der Waals surface area contributed by atoms with Crippen molar-refractivity contribution in [1.29, 1.82) is 0 Å². The van der Waals surface area contributed by atoms with Crippen molar-refractivity contribution in [3.63, 3.8) is 0 Å². The van der Waals surface area contributed by atoms with Gasteiger partial charge in [0, 0.05) is 30.1 Å². The van der Waals surface area contributed by atoms with Crippen molar-refractivity contribution in [2.75, 3.05) is 0 Å². The average Bonchev–Trinajstić information content (AvgIpc) is 2.04. The van der Waals surface area contributed by atoms with Crippen molar-refractivity contribution in [3.8, 4) is 0 Å². The van der Waals surface area contributed by atoms with Crippen LogP contribution in [0, 0.1) is 5.25 Å². The monoisotopic (exact) mass is 211 g/mol. The first-order valence-electron chi connectivity index (χ1n) is 4.63. The summed E-state index contributed by atoms with van der Waals surface area (Å²) in [6, 6.07) is 0.105. The zero-order valence-corrected chi connectivity index (χ0v) is 10.9. The summed E-state index contributed by atoms with van der Waals surface area (Å²) in [5.74, 6) is 0. The van der Waals surface area contributed by atoms with Crippen LogP contribution in [-0.2, 0) is 0 Å². The fourth-order valence-corrected chi connectivity index (χ4v) is 2.03. The quantitative estimate of drug-likeness (QED) is 0.325. The van der Waals surface area contributed by atoms with Crippen LogP contribution in [0.25, 0.3) is 0 Å². The molecule has 0 amide bonds. The molecule has 2 radical (unpaired) electrons. The third-order valence-corrected chi connectivity index (χ3v) is 2.56. The first-order chi connectivity index (χ1) is 6.18. The van der Waals surface area contributed by atoms with Crippen LogP contribution in [0.15, 0.2) is 17.1 Å². The molecule has 0 N–H and O–H groups in total. The summed E-state index contributed by atoms with van der Waals surface area (Å²) in [6.07, 6.45) is 7.49. The van der Waals surface area contributed by atoms with Gasteiger partial charge in [0.25, 0.3) is 0 Å². The van der Waals surface area contributed by atoms with Gasteiger partial charge < -0.3 is 5.11 Å². The summed E-state index contributed by atoms with van der Waals surface area (Å²) in [6.45, 7) is 3.83. The van der Waals surface area contributed by atoms with Crippen LogP contribution >= 0.6 is 11.8 Å². The second-order valence-corrected chi connectivity index (χ2v) is 4.43. The van der Waals surface area contributed by atoms with E-state index in [0.29, 0.717) is 0 Å². The molecule has 0 bridgehead atoms. The summed E-state index contributed by atoms with van der Waals surface area (Å²) in [7, 11) is 0. The van der Waals surface area contributed by atoms with Crippen molar-refractivity contribution >= 4 is 35.9 Å². The zero-order valence-electron chi connectivity index (χ0n) is 10.1. The van der Waals surface area contributed by atoms with Crippen molar-refractivity contribution < 1.29 is 24.0 Å². The Hall–Kier alpha value is 0.755. The van der Waals surface area contributed by atoms with Crippen molar-refractivity contribution in [2.24, 2.45) is 4.99 Å². The smallest absolute Gasteiger partial charge is 0.854 e. The number of hydrogen-bond acceptors (Lipinski definition) is 3. The minimum absolute atomic E-state index is 0. The number of rotatable bonds is 2. The maximum atomic E-state index is 11.3. The maximum absolute atomic E-state index is 11.3. The Balaban J connectivity index is 0. The Morgan fingerprint density at radius 1 is 1.53 bits per heavy atom.